The lowest BCUT2D eigenvalue weighted by Crippen LogP contribution is -2.42. The van der Waals surface area contributed by atoms with Crippen molar-refractivity contribution in [2.45, 2.75) is 38.9 Å². The molecule has 0 aliphatic carbocycles. The minimum atomic E-state index is -0.358. The first-order chi connectivity index (χ1) is 12.0. The van der Waals surface area contributed by atoms with Crippen molar-refractivity contribution in [1.29, 1.82) is 0 Å². The van der Waals surface area contributed by atoms with Crippen LogP contribution in [0.5, 0.6) is 0 Å². The lowest BCUT2D eigenvalue weighted by molar-refractivity contribution is -0.135. The van der Waals surface area contributed by atoms with Crippen LogP contribution >= 0.6 is 11.6 Å². The molecule has 1 N–H and O–H groups in total. The van der Waals surface area contributed by atoms with E-state index < -0.39 is 0 Å². The first-order valence-corrected chi connectivity index (χ1v) is 8.80. The van der Waals surface area contributed by atoms with E-state index in [1.165, 1.54) is 6.92 Å². The number of carbonyl (C=O) groups excluding carboxylic acids is 2. The van der Waals surface area contributed by atoms with E-state index in [9.17, 15) is 9.59 Å². The molecule has 1 aliphatic heterocycles. The number of fused-ring (bicyclic) bond motifs is 1. The van der Waals surface area contributed by atoms with Gasteiger partial charge in [0, 0.05) is 36.9 Å². The Balaban J connectivity index is 1.76. The summed E-state index contributed by atoms with van der Waals surface area (Å²) in [5.41, 5.74) is 2.02. The molecule has 1 aliphatic rings. The molecule has 5 nitrogen and oxygen atoms in total. The molecule has 2 atom stereocenters. The predicted octanol–water partition coefficient (Wildman–Crippen LogP) is 3.31. The summed E-state index contributed by atoms with van der Waals surface area (Å²) in [6.45, 7) is 4.97. The molecular weight excluding hydrogens is 338 g/mol. The Morgan fingerprint density at radius 1 is 1.24 bits per heavy atom. The van der Waals surface area contributed by atoms with Crippen LogP contribution in [0, 0.1) is 0 Å². The highest BCUT2D eigenvalue weighted by molar-refractivity contribution is 6.30. The first kappa shape index (κ1) is 17.5. The van der Waals surface area contributed by atoms with Gasteiger partial charge in [-0.1, -0.05) is 23.7 Å². The molecule has 0 radical (unpaired) electrons. The fraction of sp³-hybridized carbons (Fsp3) is 0.368. The van der Waals surface area contributed by atoms with Gasteiger partial charge in [-0.05, 0) is 36.8 Å². The lowest BCUT2D eigenvalue weighted by Gasteiger charge is -2.36. The van der Waals surface area contributed by atoms with Gasteiger partial charge < -0.3 is 14.8 Å². The van der Waals surface area contributed by atoms with Crippen molar-refractivity contribution in [1.82, 2.24) is 14.8 Å². The molecule has 1 aromatic heterocycles. The van der Waals surface area contributed by atoms with E-state index >= 15 is 0 Å². The SMILES string of the molecule is CC(=O)NC(CC(=O)N1CCn2cccc2C1C)c1ccc(Cl)cc1. The van der Waals surface area contributed by atoms with Crippen LogP contribution in [0.4, 0.5) is 0 Å². The second kappa shape index (κ2) is 7.31. The van der Waals surface area contributed by atoms with Crippen LogP contribution in [0.15, 0.2) is 42.6 Å². The normalized spacial score (nSPS) is 17.7. The minimum absolute atomic E-state index is 0.0273. The largest absolute Gasteiger partial charge is 0.349 e. The summed E-state index contributed by atoms with van der Waals surface area (Å²) in [5.74, 6) is -0.123. The smallest absolute Gasteiger partial charge is 0.225 e. The fourth-order valence-electron chi connectivity index (χ4n) is 3.40. The number of hydrogen-bond donors (Lipinski definition) is 1. The molecule has 0 bridgehead atoms. The summed E-state index contributed by atoms with van der Waals surface area (Å²) in [6, 6.07) is 11.0. The van der Waals surface area contributed by atoms with Gasteiger partial charge in [0.25, 0.3) is 0 Å². The Morgan fingerprint density at radius 3 is 2.64 bits per heavy atom. The molecule has 0 saturated carbocycles. The second-order valence-corrected chi connectivity index (χ2v) is 6.83. The van der Waals surface area contributed by atoms with Crippen LogP contribution < -0.4 is 5.32 Å². The van der Waals surface area contributed by atoms with Gasteiger partial charge >= 0.3 is 0 Å². The maximum absolute atomic E-state index is 12.9. The van der Waals surface area contributed by atoms with Crippen molar-refractivity contribution in [3.05, 3.63) is 58.9 Å². The fourth-order valence-corrected chi connectivity index (χ4v) is 3.53. The molecule has 0 saturated heterocycles. The summed E-state index contributed by atoms with van der Waals surface area (Å²) in [6.07, 6.45) is 2.27. The van der Waals surface area contributed by atoms with Gasteiger partial charge in [0.2, 0.25) is 11.8 Å². The van der Waals surface area contributed by atoms with Gasteiger partial charge in [0.15, 0.2) is 0 Å². The summed E-state index contributed by atoms with van der Waals surface area (Å²) in [4.78, 5) is 26.4. The maximum Gasteiger partial charge on any atom is 0.225 e. The predicted molar refractivity (Wildman–Crippen MR) is 97.2 cm³/mol. The number of hydrogen-bond acceptors (Lipinski definition) is 2. The van der Waals surface area contributed by atoms with Crippen molar-refractivity contribution in [2.24, 2.45) is 0 Å². The number of rotatable bonds is 4. The van der Waals surface area contributed by atoms with Gasteiger partial charge in [-0.3, -0.25) is 9.59 Å². The topological polar surface area (TPSA) is 54.3 Å². The van der Waals surface area contributed by atoms with E-state index in [1.54, 1.807) is 12.1 Å². The van der Waals surface area contributed by atoms with Gasteiger partial charge in [-0.25, -0.2) is 0 Å². The Bertz CT molecular complexity index is 769. The van der Waals surface area contributed by atoms with E-state index in [4.69, 9.17) is 11.6 Å². The highest BCUT2D eigenvalue weighted by Gasteiger charge is 2.29. The van der Waals surface area contributed by atoms with Gasteiger partial charge in [0.05, 0.1) is 18.5 Å². The molecule has 2 amide bonds. The molecule has 2 unspecified atom stereocenters. The zero-order chi connectivity index (χ0) is 18.0. The van der Waals surface area contributed by atoms with Gasteiger partial charge in [0.1, 0.15) is 0 Å². The number of halogens is 1. The summed E-state index contributed by atoms with van der Waals surface area (Å²) < 4.78 is 2.18. The minimum Gasteiger partial charge on any atom is -0.349 e. The second-order valence-electron chi connectivity index (χ2n) is 6.40. The van der Waals surface area contributed by atoms with Crippen molar-refractivity contribution in [3.8, 4) is 0 Å². The van der Waals surface area contributed by atoms with Crippen LogP contribution in [0.25, 0.3) is 0 Å². The number of carbonyl (C=O) groups is 2. The van der Waals surface area contributed by atoms with E-state index in [2.05, 4.69) is 16.0 Å². The Hall–Kier alpha value is -2.27. The van der Waals surface area contributed by atoms with Crippen LogP contribution in [0.2, 0.25) is 5.02 Å². The third-order valence-electron chi connectivity index (χ3n) is 4.69. The first-order valence-electron chi connectivity index (χ1n) is 8.43. The zero-order valence-corrected chi connectivity index (χ0v) is 15.2. The number of nitrogens with one attached hydrogen (secondary N) is 1. The number of aromatic nitrogens is 1. The summed E-state index contributed by atoms with van der Waals surface area (Å²) in [7, 11) is 0. The van der Waals surface area contributed by atoms with E-state index in [-0.39, 0.29) is 30.3 Å². The van der Waals surface area contributed by atoms with Crippen LogP contribution in [0.3, 0.4) is 0 Å². The Labute approximate surface area is 152 Å². The third kappa shape index (κ3) is 3.87. The van der Waals surface area contributed by atoms with Crippen LogP contribution in [0.1, 0.15) is 43.6 Å². The van der Waals surface area contributed by atoms with E-state index in [1.807, 2.05) is 36.2 Å². The average molecular weight is 360 g/mol. The van der Waals surface area contributed by atoms with Crippen molar-refractivity contribution in [3.63, 3.8) is 0 Å². The summed E-state index contributed by atoms with van der Waals surface area (Å²) in [5, 5.41) is 3.51. The Kier molecular flexibility index (Phi) is 5.13. The molecule has 25 heavy (non-hydrogen) atoms. The highest BCUT2D eigenvalue weighted by atomic mass is 35.5. The molecule has 2 aromatic rings. The third-order valence-corrected chi connectivity index (χ3v) is 4.94. The number of amides is 2. The molecular formula is C19H22ClN3O2. The molecule has 2 heterocycles. The highest BCUT2D eigenvalue weighted by Crippen LogP contribution is 2.28. The van der Waals surface area contributed by atoms with Crippen LogP contribution in [-0.4, -0.2) is 27.8 Å². The molecule has 0 spiro atoms. The molecule has 6 heteroatoms. The lowest BCUT2D eigenvalue weighted by atomic mass is 10.0. The van der Waals surface area contributed by atoms with Crippen molar-refractivity contribution >= 4 is 23.4 Å². The zero-order valence-electron chi connectivity index (χ0n) is 14.4. The molecule has 0 fully saturated rings. The Morgan fingerprint density at radius 2 is 1.96 bits per heavy atom. The number of nitrogens with zero attached hydrogens (tertiary/aromatic N) is 2. The monoisotopic (exact) mass is 359 g/mol. The number of benzene rings is 1. The maximum atomic E-state index is 12.9. The quantitative estimate of drug-likeness (QED) is 0.910. The molecule has 3 rings (SSSR count). The van der Waals surface area contributed by atoms with Crippen molar-refractivity contribution in [2.75, 3.05) is 6.54 Å². The van der Waals surface area contributed by atoms with Gasteiger partial charge in [-0.2, -0.15) is 0 Å². The molecule has 132 valence electrons. The standard InChI is InChI=1S/C19H22ClN3O2/c1-13-18-4-3-9-22(18)10-11-23(13)19(25)12-17(21-14(2)24)15-5-7-16(20)8-6-15/h3-9,13,17H,10-12H2,1-2H3,(H,21,24). The van der Waals surface area contributed by atoms with E-state index in [0.717, 1.165) is 17.8 Å². The summed E-state index contributed by atoms with van der Waals surface area (Å²) >= 11 is 5.94. The average Bonchev–Trinajstić information content (AvgIpc) is 3.04. The van der Waals surface area contributed by atoms with Crippen LogP contribution in [-0.2, 0) is 16.1 Å². The van der Waals surface area contributed by atoms with Crippen molar-refractivity contribution < 1.29 is 9.59 Å². The molecule has 1 aromatic carbocycles. The van der Waals surface area contributed by atoms with E-state index in [0.29, 0.717) is 11.6 Å². The van der Waals surface area contributed by atoms with Gasteiger partial charge in [-0.15, -0.1) is 0 Å².